The van der Waals surface area contributed by atoms with E-state index in [4.69, 9.17) is 4.74 Å². The van der Waals surface area contributed by atoms with Crippen LogP contribution >= 0.6 is 15.9 Å². The molecule has 0 spiro atoms. The van der Waals surface area contributed by atoms with Crippen molar-refractivity contribution in [3.05, 3.63) is 34.7 Å². The molecule has 0 aliphatic carbocycles. The van der Waals surface area contributed by atoms with Crippen LogP contribution in [0.15, 0.2) is 29.0 Å². The summed E-state index contributed by atoms with van der Waals surface area (Å²) in [7, 11) is 1.44. The highest BCUT2D eigenvalue weighted by Crippen LogP contribution is 2.28. The Morgan fingerprint density at radius 2 is 1.95 bits per heavy atom. The summed E-state index contributed by atoms with van der Waals surface area (Å²) in [5.74, 6) is 0.494. The molecule has 0 atom stereocenters. The molecule has 1 N–H and O–H groups in total. The van der Waals surface area contributed by atoms with Gasteiger partial charge in [0.15, 0.2) is 0 Å². The predicted octanol–water partition coefficient (Wildman–Crippen LogP) is 3.41. The first-order valence-electron chi connectivity index (χ1n) is 5.27. The molecule has 2 aromatic rings. The lowest BCUT2D eigenvalue weighted by Crippen LogP contribution is -2.08. The number of nitrogens with one attached hydrogen (secondary N) is 1. The Kier molecular flexibility index (Phi) is 4.07. The number of nitrogens with zero attached hydrogens (tertiary/aromatic N) is 3. The van der Waals surface area contributed by atoms with E-state index in [0.717, 1.165) is 12.3 Å². The third-order valence-corrected chi connectivity index (χ3v) is 2.76. The highest BCUT2D eigenvalue weighted by molar-refractivity contribution is 9.10. The molecule has 0 amide bonds. The van der Waals surface area contributed by atoms with Crippen molar-refractivity contribution in [3.63, 3.8) is 0 Å². The van der Waals surface area contributed by atoms with Crippen LogP contribution in [0.2, 0.25) is 0 Å². The van der Waals surface area contributed by atoms with E-state index >= 15 is 0 Å². The van der Waals surface area contributed by atoms with Gasteiger partial charge in [-0.3, -0.25) is 0 Å². The molecule has 0 radical (unpaired) electrons. The number of pyridine rings is 1. The van der Waals surface area contributed by atoms with Crippen LogP contribution in [-0.4, -0.2) is 22.1 Å². The number of rotatable bonds is 3. The van der Waals surface area contributed by atoms with Gasteiger partial charge < -0.3 is 10.1 Å². The zero-order chi connectivity index (χ0) is 14.8. The molecule has 0 bridgehead atoms. The van der Waals surface area contributed by atoms with E-state index in [1.807, 2.05) is 0 Å². The normalized spacial score (nSPS) is 11.2. The summed E-state index contributed by atoms with van der Waals surface area (Å²) in [5, 5.41) is 2.73. The highest BCUT2D eigenvalue weighted by atomic mass is 79.9. The van der Waals surface area contributed by atoms with Gasteiger partial charge in [0.2, 0.25) is 11.8 Å². The first-order valence-corrected chi connectivity index (χ1v) is 6.06. The lowest BCUT2D eigenvalue weighted by atomic mass is 10.3. The number of ether oxygens (including phenoxy) is 1. The van der Waals surface area contributed by atoms with E-state index in [1.165, 1.54) is 19.4 Å². The third kappa shape index (κ3) is 3.35. The molecular weight excluding hydrogens is 341 g/mol. The second-order valence-electron chi connectivity index (χ2n) is 3.61. The van der Waals surface area contributed by atoms with Crippen LogP contribution in [0.3, 0.4) is 0 Å². The smallest absolute Gasteiger partial charge is 0.433 e. The van der Waals surface area contributed by atoms with E-state index in [9.17, 15) is 13.2 Å². The number of methoxy groups -OCH3 is 1. The van der Waals surface area contributed by atoms with Gasteiger partial charge in [0.25, 0.3) is 0 Å². The average Bonchev–Trinajstić information content (AvgIpc) is 2.40. The summed E-state index contributed by atoms with van der Waals surface area (Å²) in [6.45, 7) is 0. The van der Waals surface area contributed by atoms with Gasteiger partial charge in [-0.2, -0.15) is 18.2 Å². The van der Waals surface area contributed by atoms with Gasteiger partial charge in [0.1, 0.15) is 5.69 Å². The van der Waals surface area contributed by atoms with Crippen molar-refractivity contribution in [2.75, 3.05) is 12.4 Å². The lowest BCUT2D eigenvalue weighted by Gasteiger charge is -2.08. The molecule has 2 aromatic heterocycles. The van der Waals surface area contributed by atoms with E-state index in [0.29, 0.717) is 16.0 Å². The van der Waals surface area contributed by atoms with E-state index in [1.54, 1.807) is 0 Å². The van der Waals surface area contributed by atoms with Crippen LogP contribution in [0.25, 0.3) is 0 Å². The molecule has 0 saturated heterocycles. The van der Waals surface area contributed by atoms with Gasteiger partial charge >= 0.3 is 6.18 Å². The summed E-state index contributed by atoms with van der Waals surface area (Å²) < 4.78 is 42.6. The Morgan fingerprint density at radius 1 is 1.20 bits per heavy atom. The minimum atomic E-state index is -4.46. The molecule has 0 aliphatic heterocycles. The third-order valence-electron chi connectivity index (χ3n) is 2.22. The van der Waals surface area contributed by atoms with Crippen molar-refractivity contribution in [3.8, 4) is 5.88 Å². The molecule has 9 heteroatoms. The molecule has 2 rings (SSSR count). The highest BCUT2D eigenvalue weighted by Gasteiger charge is 2.32. The molecule has 0 fully saturated rings. The van der Waals surface area contributed by atoms with Crippen LogP contribution in [0, 0.1) is 0 Å². The minimum absolute atomic E-state index is 0.187. The maximum Gasteiger partial charge on any atom is 0.433 e. The monoisotopic (exact) mass is 348 g/mol. The van der Waals surface area contributed by atoms with Crippen molar-refractivity contribution >= 4 is 27.6 Å². The molecular formula is C11H8BrF3N4O. The van der Waals surface area contributed by atoms with Crippen molar-refractivity contribution in [1.29, 1.82) is 0 Å². The Morgan fingerprint density at radius 3 is 2.50 bits per heavy atom. The summed E-state index contributed by atoms with van der Waals surface area (Å²) in [4.78, 5) is 11.3. The Bertz CT molecular complexity index is 604. The summed E-state index contributed by atoms with van der Waals surface area (Å²) in [6, 6.07) is 2.12. The Balaban J connectivity index is 2.18. The van der Waals surface area contributed by atoms with Crippen LogP contribution in [0.1, 0.15) is 5.69 Å². The lowest BCUT2D eigenvalue weighted by molar-refractivity contribution is -0.141. The maximum absolute atomic E-state index is 12.4. The fourth-order valence-corrected chi connectivity index (χ4v) is 1.67. The molecule has 2 heterocycles. The largest absolute Gasteiger partial charge is 0.480 e. The standard InChI is InChI=1S/C11H8BrF3N4O/c1-20-9-7(12)5-17-10(19-9)18-6-2-3-8(16-4-6)11(13,14)15/h2-5H,1H3,(H,17,18,19). The number of anilines is 2. The Labute approximate surface area is 120 Å². The van der Waals surface area contributed by atoms with Gasteiger partial charge in [0, 0.05) is 0 Å². The van der Waals surface area contributed by atoms with Gasteiger partial charge in [-0.15, -0.1) is 0 Å². The molecule has 20 heavy (non-hydrogen) atoms. The first kappa shape index (κ1) is 14.5. The zero-order valence-corrected chi connectivity index (χ0v) is 11.7. The number of hydrogen-bond acceptors (Lipinski definition) is 5. The van der Waals surface area contributed by atoms with Crippen molar-refractivity contribution < 1.29 is 17.9 Å². The van der Waals surface area contributed by atoms with Crippen LogP contribution in [0.5, 0.6) is 5.88 Å². The van der Waals surface area contributed by atoms with Crippen molar-refractivity contribution in [1.82, 2.24) is 15.0 Å². The van der Waals surface area contributed by atoms with E-state index < -0.39 is 11.9 Å². The zero-order valence-electron chi connectivity index (χ0n) is 10.1. The van der Waals surface area contributed by atoms with Gasteiger partial charge in [0.05, 0.1) is 29.7 Å². The SMILES string of the molecule is COc1nc(Nc2ccc(C(F)(F)F)nc2)ncc1Br. The van der Waals surface area contributed by atoms with Crippen LogP contribution < -0.4 is 10.1 Å². The minimum Gasteiger partial charge on any atom is -0.480 e. The Hall–Kier alpha value is -1.90. The van der Waals surface area contributed by atoms with Gasteiger partial charge in [-0.1, -0.05) is 0 Å². The van der Waals surface area contributed by atoms with Crippen molar-refractivity contribution in [2.45, 2.75) is 6.18 Å². The number of halogens is 4. The first-order chi connectivity index (χ1) is 9.40. The van der Waals surface area contributed by atoms with Crippen LogP contribution in [0.4, 0.5) is 24.8 Å². The molecule has 0 saturated carbocycles. The second-order valence-corrected chi connectivity index (χ2v) is 4.46. The van der Waals surface area contributed by atoms with Gasteiger partial charge in [-0.05, 0) is 28.1 Å². The van der Waals surface area contributed by atoms with Crippen LogP contribution in [-0.2, 0) is 6.18 Å². The van der Waals surface area contributed by atoms with Gasteiger partial charge in [-0.25, -0.2) is 9.97 Å². The number of alkyl halides is 3. The number of aromatic nitrogens is 3. The molecule has 0 unspecified atom stereocenters. The quantitative estimate of drug-likeness (QED) is 0.920. The predicted molar refractivity (Wildman–Crippen MR) is 68.8 cm³/mol. The fraction of sp³-hybridized carbons (Fsp3) is 0.182. The summed E-state index contributed by atoms with van der Waals surface area (Å²) >= 11 is 3.19. The molecule has 0 aromatic carbocycles. The average molecular weight is 349 g/mol. The van der Waals surface area contributed by atoms with Crippen molar-refractivity contribution in [2.24, 2.45) is 0 Å². The summed E-state index contributed by atoms with van der Waals surface area (Å²) in [6.07, 6.45) is -1.94. The number of hydrogen-bond donors (Lipinski definition) is 1. The summed E-state index contributed by atoms with van der Waals surface area (Å²) in [5.41, 5.74) is -0.625. The maximum atomic E-state index is 12.4. The topological polar surface area (TPSA) is 59.9 Å². The van der Waals surface area contributed by atoms with E-state index in [2.05, 4.69) is 36.2 Å². The van der Waals surface area contributed by atoms with E-state index in [-0.39, 0.29) is 5.95 Å². The molecule has 0 aliphatic rings. The molecule has 106 valence electrons. The second kappa shape index (κ2) is 5.61. The fourth-order valence-electron chi connectivity index (χ4n) is 1.32. The molecule has 5 nitrogen and oxygen atoms in total.